The second-order valence-corrected chi connectivity index (χ2v) is 5.54. The van der Waals surface area contributed by atoms with Crippen LogP contribution >= 0.6 is 11.6 Å². The maximum absolute atomic E-state index is 13.0. The summed E-state index contributed by atoms with van der Waals surface area (Å²) in [5.74, 6) is -0.455. The first kappa shape index (κ1) is 15.4. The molecule has 1 aromatic carbocycles. The molecule has 5 heteroatoms. The Kier molecular flexibility index (Phi) is 4.91. The average molecular weight is 307 g/mol. The smallest absolute Gasteiger partial charge is 0.270 e. The number of halogens is 2. The normalized spacial score (nSPS) is 12.2. The number of carbonyl (C=O) groups is 1. The molecule has 0 spiro atoms. The summed E-state index contributed by atoms with van der Waals surface area (Å²) in [5, 5.41) is 3.37. The Morgan fingerprint density at radius 2 is 1.90 bits per heavy atom. The van der Waals surface area contributed by atoms with Crippen LogP contribution in [-0.4, -0.2) is 10.9 Å². The lowest BCUT2D eigenvalue weighted by molar-refractivity contribution is 0.0920. The van der Waals surface area contributed by atoms with Crippen molar-refractivity contribution < 1.29 is 9.18 Å². The highest BCUT2D eigenvalue weighted by atomic mass is 35.5. The van der Waals surface area contributed by atoms with Crippen LogP contribution in [0, 0.1) is 11.7 Å². The predicted molar refractivity (Wildman–Crippen MR) is 80.7 cm³/mol. The standard InChI is InChI=1S/C16H16ClFN2O/c1-10(2)15(11-3-5-13(18)6-4-11)20-16(21)14-9-12(17)7-8-19-14/h3-10,15H,1-2H3,(H,20,21)/t15-/m0/s1. The Balaban J connectivity index is 2.20. The van der Waals surface area contributed by atoms with Gasteiger partial charge in [-0.15, -0.1) is 0 Å². The molecule has 2 rings (SSSR count). The van der Waals surface area contributed by atoms with Crippen molar-refractivity contribution in [3.8, 4) is 0 Å². The van der Waals surface area contributed by atoms with Crippen LogP contribution in [0.25, 0.3) is 0 Å². The van der Waals surface area contributed by atoms with Crippen LogP contribution < -0.4 is 5.32 Å². The van der Waals surface area contributed by atoms with E-state index in [9.17, 15) is 9.18 Å². The fourth-order valence-corrected chi connectivity index (χ4v) is 2.21. The summed E-state index contributed by atoms with van der Waals surface area (Å²) in [5.41, 5.74) is 1.11. The molecule has 0 aliphatic rings. The molecule has 110 valence electrons. The fraction of sp³-hybridized carbons (Fsp3) is 0.250. The largest absolute Gasteiger partial charge is 0.344 e. The number of nitrogens with zero attached hydrogens (tertiary/aromatic N) is 1. The van der Waals surface area contributed by atoms with Gasteiger partial charge in [0.25, 0.3) is 5.91 Å². The quantitative estimate of drug-likeness (QED) is 0.927. The van der Waals surface area contributed by atoms with Crippen molar-refractivity contribution in [1.29, 1.82) is 0 Å². The van der Waals surface area contributed by atoms with Crippen LogP contribution in [0.5, 0.6) is 0 Å². The van der Waals surface area contributed by atoms with Gasteiger partial charge in [-0.1, -0.05) is 37.6 Å². The maximum Gasteiger partial charge on any atom is 0.270 e. The molecule has 1 N–H and O–H groups in total. The molecular formula is C16H16ClFN2O. The van der Waals surface area contributed by atoms with Crippen molar-refractivity contribution in [3.63, 3.8) is 0 Å². The summed E-state index contributed by atoms with van der Waals surface area (Å²) in [6.07, 6.45) is 1.49. The monoisotopic (exact) mass is 306 g/mol. The third-order valence-electron chi connectivity index (χ3n) is 3.14. The molecule has 0 saturated carbocycles. The number of hydrogen-bond donors (Lipinski definition) is 1. The van der Waals surface area contributed by atoms with Gasteiger partial charge in [0, 0.05) is 11.2 Å². The van der Waals surface area contributed by atoms with Gasteiger partial charge in [0.05, 0.1) is 6.04 Å². The molecule has 1 aromatic heterocycles. The molecule has 1 heterocycles. The van der Waals surface area contributed by atoms with E-state index in [0.717, 1.165) is 5.56 Å². The van der Waals surface area contributed by atoms with Gasteiger partial charge in [0.1, 0.15) is 11.5 Å². The van der Waals surface area contributed by atoms with Gasteiger partial charge >= 0.3 is 0 Å². The fourth-order valence-electron chi connectivity index (χ4n) is 2.05. The predicted octanol–water partition coefficient (Wildman–Crippen LogP) is 4.00. The number of carbonyl (C=O) groups excluding carboxylic acids is 1. The molecular weight excluding hydrogens is 291 g/mol. The van der Waals surface area contributed by atoms with E-state index in [2.05, 4.69) is 10.3 Å². The Labute approximate surface area is 128 Å². The summed E-state index contributed by atoms with van der Waals surface area (Å²) < 4.78 is 13.0. The third-order valence-corrected chi connectivity index (χ3v) is 3.37. The first-order valence-electron chi connectivity index (χ1n) is 6.65. The second kappa shape index (κ2) is 6.68. The van der Waals surface area contributed by atoms with Crippen LogP contribution in [0.3, 0.4) is 0 Å². The summed E-state index contributed by atoms with van der Waals surface area (Å²) >= 11 is 5.86. The maximum atomic E-state index is 13.0. The van der Waals surface area contributed by atoms with Crippen LogP contribution in [0.1, 0.15) is 35.9 Å². The SMILES string of the molecule is CC(C)[C@H](NC(=O)c1cc(Cl)ccn1)c1ccc(F)cc1. The van der Waals surface area contributed by atoms with Crippen LogP contribution in [0.2, 0.25) is 5.02 Å². The van der Waals surface area contributed by atoms with E-state index in [1.165, 1.54) is 24.4 Å². The van der Waals surface area contributed by atoms with E-state index in [-0.39, 0.29) is 29.4 Å². The number of benzene rings is 1. The lowest BCUT2D eigenvalue weighted by atomic mass is 9.96. The molecule has 0 saturated heterocycles. The van der Waals surface area contributed by atoms with Crippen molar-refractivity contribution in [2.24, 2.45) is 5.92 Å². The van der Waals surface area contributed by atoms with E-state index in [4.69, 9.17) is 11.6 Å². The first-order valence-corrected chi connectivity index (χ1v) is 7.03. The van der Waals surface area contributed by atoms with Crippen LogP contribution in [0.15, 0.2) is 42.6 Å². The van der Waals surface area contributed by atoms with Gasteiger partial charge in [0.2, 0.25) is 0 Å². The zero-order valence-electron chi connectivity index (χ0n) is 11.8. The van der Waals surface area contributed by atoms with Crippen molar-refractivity contribution in [1.82, 2.24) is 10.3 Å². The van der Waals surface area contributed by atoms with Crippen molar-refractivity contribution >= 4 is 17.5 Å². The zero-order chi connectivity index (χ0) is 15.4. The number of hydrogen-bond acceptors (Lipinski definition) is 2. The molecule has 0 aliphatic carbocycles. The van der Waals surface area contributed by atoms with E-state index in [1.54, 1.807) is 18.2 Å². The van der Waals surface area contributed by atoms with E-state index >= 15 is 0 Å². The number of nitrogens with one attached hydrogen (secondary N) is 1. The summed E-state index contributed by atoms with van der Waals surface area (Å²) in [6.45, 7) is 3.97. The Morgan fingerprint density at radius 3 is 2.48 bits per heavy atom. The summed E-state index contributed by atoms with van der Waals surface area (Å²) in [6, 6.07) is 9.01. The van der Waals surface area contributed by atoms with E-state index in [0.29, 0.717) is 5.02 Å². The van der Waals surface area contributed by atoms with Crippen LogP contribution in [0.4, 0.5) is 4.39 Å². The summed E-state index contributed by atoms with van der Waals surface area (Å²) in [7, 11) is 0. The second-order valence-electron chi connectivity index (χ2n) is 5.11. The molecule has 0 bridgehead atoms. The minimum Gasteiger partial charge on any atom is -0.344 e. The molecule has 21 heavy (non-hydrogen) atoms. The van der Waals surface area contributed by atoms with E-state index in [1.807, 2.05) is 13.8 Å². The number of aromatic nitrogens is 1. The lowest BCUT2D eigenvalue weighted by Crippen LogP contribution is -2.32. The zero-order valence-corrected chi connectivity index (χ0v) is 12.6. The van der Waals surface area contributed by atoms with Crippen molar-refractivity contribution in [2.45, 2.75) is 19.9 Å². The average Bonchev–Trinajstić information content (AvgIpc) is 2.45. The van der Waals surface area contributed by atoms with Gasteiger partial charge in [-0.05, 0) is 35.7 Å². The Bertz CT molecular complexity index is 628. The number of rotatable bonds is 4. The van der Waals surface area contributed by atoms with Crippen LogP contribution in [-0.2, 0) is 0 Å². The summed E-state index contributed by atoms with van der Waals surface area (Å²) in [4.78, 5) is 16.2. The molecule has 1 amide bonds. The highest BCUT2D eigenvalue weighted by Crippen LogP contribution is 2.22. The Hall–Kier alpha value is -1.94. The van der Waals surface area contributed by atoms with Gasteiger partial charge < -0.3 is 5.32 Å². The highest BCUT2D eigenvalue weighted by molar-refractivity contribution is 6.30. The van der Waals surface area contributed by atoms with Gasteiger partial charge in [-0.25, -0.2) is 4.39 Å². The molecule has 3 nitrogen and oxygen atoms in total. The van der Waals surface area contributed by atoms with Crippen molar-refractivity contribution in [3.05, 3.63) is 64.7 Å². The first-order chi connectivity index (χ1) is 9.97. The van der Waals surface area contributed by atoms with Crippen molar-refractivity contribution in [2.75, 3.05) is 0 Å². The third kappa shape index (κ3) is 4.02. The molecule has 2 aromatic rings. The lowest BCUT2D eigenvalue weighted by Gasteiger charge is -2.22. The highest BCUT2D eigenvalue weighted by Gasteiger charge is 2.20. The number of amides is 1. The minimum absolute atomic E-state index is 0.151. The minimum atomic E-state index is -0.305. The molecule has 1 atom stereocenters. The molecule has 0 aliphatic heterocycles. The number of pyridine rings is 1. The van der Waals surface area contributed by atoms with E-state index < -0.39 is 0 Å². The topological polar surface area (TPSA) is 42.0 Å². The van der Waals surface area contributed by atoms with Gasteiger partial charge in [-0.2, -0.15) is 0 Å². The molecule has 0 fully saturated rings. The molecule has 0 radical (unpaired) electrons. The Morgan fingerprint density at radius 1 is 1.24 bits per heavy atom. The van der Waals surface area contributed by atoms with Gasteiger partial charge in [-0.3, -0.25) is 9.78 Å². The molecule has 0 unspecified atom stereocenters. The van der Waals surface area contributed by atoms with Gasteiger partial charge in [0.15, 0.2) is 0 Å².